The summed E-state index contributed by atoms with van der Waals surface area (Å²) >= 11 is 0. The second kappa shape index (κ2) is 6.57. The van der Waals surface area contributed by atoms with Crippen LogP contribution in [0.5, 0.6) is 0 Å². The zero-order chi connectivity index (χ0) is 17.3. The summed E-state index contributed by atoms with van der Waals surface area (Å²) < 4.78 is 5.19. The fraction of sp³-hybridized carbons (Fsp3) is 0.389. The van der Waals surface area contributed by atoms with Crippen molar-refractivity contribution in [2.24, 2.45) is 0 Å². The summed E-state index contributed by atoms with van der Waals surface area (Å²) in [5, 5.41) is 10.3. The molecule has 1 aliphatic heterocycles. The van der Waals surface area contributed by atoms with Crippen molar-refractivity contribution in [3.8, 4) is 0 Å². The molecule has 2 aromatic rings. The van der Waals surface area contributed by atoms with E-state index in [2.05, 4.69) is 4.98 Å². The third-order valence-corrected chi connectivity index (χ3v) is 4.55. The monoisotopic (exact) mass is 328 g/mol. The first-order chi connectivity index (χ1) is 11.5. The summed E-state index contributed by atoms with van der Waals surface area (Å²) in [7, 11) is 0. The normalized spacial score (nSPS) is 17.9. The first-order valence-electron chi connectivity index (χ1n) is 7.94. The number of carbonyl (C=O) groups excluding carboxylic acids is 1. The van der Waals surface area contributed by atoms with E-state index in [0.717, 1.165) is 27.7 Å². The van der Waals surface area contributed by atoms with Gasteiger partial charge in [-0.15, -0.1) is 0 Å². The highest BCUT2D eigenvalue weighted by atomic mass is 16.5. The Bertz CT molecular complexity index is 803. The molecule has 0 aliphatic carbocycles. The van der Waals surface area contributed by atoms with Crippen molar-refractivity contribution < 1.29 is 19.4 Å². The van der Waals surface area contributed by atoms with Crippen molar-refractivity contribution in [3.63, 3.8) is 0 Å². The smallest absolute Gasteiger partial charge is 0.328 e. The predicted molar refractivity (Wildman–Crippen MR) is 88.9 cm³/mol. The van der Waals surface area contributed by atoms with Gasteiger partial charge in [-0.05, 0) is 31.0 Å². The summed E-state index contributed by atoms with van der Waals surface area (Å²) in [6.07, 6.45) is 0.152. The molecule has 1 atom stereocenters. The molecule has 6 nitrogen and oxygen atoms in total. The lowest BCUT2D eigenvalue weighted by atomic mass is 9.98. The van der Waals surface area contributed by atoms with Gasteiger partial charge in [-0.2, -0.15) is 0 Å². The lowest BCUT2D eigenvalue weighted by Gasteiger charge is -2.33. The number of nitrogens with zero attached hydrogens (tertiary/aromatic N) is 2. The van der Waals surface area contributed by atoms with Crippen LogP contribution >= 0.6 is 0 Å². The molecule has 0 radical (unpaired) electrons. The lowest BCUT2D eigenvalue weighted by molar-refractivity contribution is -0.158. The minimum absolute atomic E-state index is 0.0367. The maximum atomic E-state index is 12.7. The minimum atomic E-state index is -1.03. The van der Waals surface area contributed by atoms with Gasteiger partial charge in [0.2, 0.25) is 5.91 Å². The van der Waals surface area contributed by atoms with Gasteiger partial charge in [0.25, 0.3) is 0 Å². The summed E-state index contributed by atoms with van der Waals surface area (Å²) in [4.78, 5) is 30.0. The van der Waals surface area contributed by atoms with Crippen molar-refractivity contribution in [1.29, 1.82) is 0 Å². The Balaban J connectivity index is 1.91. The number of carboxylic acids is 1. The van der Waals surface area contributed by atoms with Gasteiger partial charge in [0.1, 0.15) is 0 Å². The van der Waals surface area contributed by atoms with Crippen LogP contribution in [0.4, 0.5) is 0 Å². The Morgan fingerprint density at radius 1 is 1.33 bits per heavy atom. The van der Waals surface area contributed by atoms with E-state index >= 15 is 0 Å². The molecule has 1 amide bonds. The molecule has 1 aliphatic rings. The average molecular weight is 328 g/mol. The Morgan fingerprint density at radius 2 is 2.08 bits per heavy atom. The number of benzene rings is 1. The Labute approximate surface area is 140 Å². The highest BCUT2D eigenvalue weighted by molar-refractivity contribution is 5.88. The lowest BCUT2D eigenvalue weighted by Crippen LogP contribution is -2.53. The van der Waals surface area contributed by atoms with Gasteiger partial charge in [0, 0.05) is 17.6 Å². The molecular weight excluding hydrogens is 308 g/mol. The van der Waals surface area contributed by atoms with Gasteiger partial charge in [0.05, 0.1) is 25.2 Å². The Kier molecular flexibility index (Phi) is 4.49. The standard InChI is InChI=1S/C18H20N2O4/c1-11-13-5-3-4-6-15(13)19-12(2)14(11)9-17(21)20-7-8-24-10-16(20)18(22)23/h3-6,16H,7-10H2,1-2H3,(H,22,23)/t16-/m1/s1. The average Bonchev–Trinajstić information content (AvgIpc) is 2.58. The van der Waals surface area contributed by atoms with Crippen LogP contribution in [0.3, 0.4) is 0 Å². The molecular formula is C18H20N2O4. The topological polar surface area (TPSA) is 79.7 Å². The van der Waals surface area contributed by atoms with Crippen LogP contribution < -0.4 is 0 Å². The van der Waals surface area contributed by atoms with Crippen molar-refractivity contribution in [1.82, 2.24) is 9.88 Å². The number of fused-ring (bicyclic) bond motifs is 1. The molecule has 0 spiro atoms. The number of aliphatic carboxylic acids is 1. The van der Waals surface area contributed by atoms with Crippen LogP contribution in [0, 0.1) is 13.8 Å². The van der Waals surface area contributed by atoms with Crippen molar-refractivity contribution in [2.45, 2.75) is 26.3 Å². The third kappa shape index (κ3) is 2.97. The SMILES string of the molecule is Cc1nc2ccccc2c(C)c1CC(=O)N1CCOC[C@@H]1C(=O)O. The number of aryl methyl sites for hydroxylation is 2. The number of ether oxygens (including phenoxy) is 1. The molecule has 126 valence electrons. The number of hydrogen-bond donors (Lipinski definition) is 1. The predicted octanol–water partition coefficient (Wildman–Crippen LogP) is 1.71. The van der Waals surface area contributed by atoms with E-state index in [0.29, 0.717) is 13.2 Å². The first kappa shape index (κ1) is 16.4. The zero-order valence-electron chi connectivity index (χ0n) is 13.8. The molecule has 1 aromatic carbocycles. The summed E-state index contributed by atoms with van der Waals surface area (Å²) in [5.41, 5.74) is 3.60. The molecule has 0 bridgehead atoms. The van der Waals surface area contributed by atoms with Crippen molar-refractivity contribution >= 4 is 22.8 Å². The number of carboxylic acid groups (broad SMARTS) is 1. The van der Waals surface area contributed by atoms with Crippen LogP contribution in [-0.2, 0) is 20.7 Å². The van der Waals surface area contributed by atoms with E-state index in [1.165, 1.54) is 4.90 Å². The highest BCUT2D eigenvalue weighted by Gasteiger charge is 2.33. The van der Waals surface area contributed by atoms with Gasteiger partial charge in [-0.3, -0.25) is 9.78 Å². The number of para-hydroxylation sites is 1. The molecule has 1 aromatic heterocycles. The number of pyridine rings is 1. The van der Waals surface area contributed by atoms with E-state index in [1.54, 1.807) is 0 Å². The number of hydrogen-bond acceptors (Lipinski definition) is 4. The van der Waals surface area contributed by atoms with E-state index < -0.39 is 12.0 Å². The second-order valence-electron chi connectivity index (χ2n) is 6.01. The van der Waals surface area contributed by atoms with E-state index in [-0.39, 0.29) is 18.9 Å². The van der Waals surface area contributed by atoms with Gasteiger partial charge in [-0.25, -0.2) is 4.79 Å². The highest BCUT2D eigenvalue weighted by Crippen LogP contribution is 2.24. The fourth-order valence-electron chi connectivity index (χ4n) is 3.19. The molecule has 1 fully saturated rings. The maximum absolute atomic E-state index is 12.7. The summed E-state index contributed by atoms with van der Waals surface area (Å²) in [6.45, 7) is 4.57. The molecule has 1 saturated heterocycles. The maximum Gasteiger partial charge on any atom is 0.328 e. The molecule has 0 unspecified atom stereocenters. The van der Waals surface area contributed by atoms with Gasteiger partial charge in [-0.1, -0.05) is 18.2 Å². The summed E-state index contributed by atoms with van der Waals surface area (Å²) in [6, 6.07) is 6.90. The van der Waals surface area contributed by atoms with E-state index in [1.807, 2.05) is 38.1 Å². The molecule has 3 rings (SSSR count). The van der Waals surface area contributed by atoms with Crippen LogP contribution in [0.1, 0.15) is 16.8 Å². The van der Waals surface area contributed by atoms with Gasteiger partial charge < -0.3 is 14.7 Å². The number of carbonyl (C=O) groups is 2. The number of amides is 1. The summed E-state index contributed by atoms with van der Waals surface area (Å²) in [5.74, 6) is -1.23. The van der Waals surface area contributed by atoms with Crippen LogP contribution in [0.2, 0.25) is 0 Å². The Morgan fingerprint density at radius 3 is 2.83 bits per heavy atom. The zero-order valence-corrected chi connectivity index (χ0v) is 13.8. The van der Waals surface area contributed by atoms with Crippen LogP contribution in [0.25, 0.3) is 10.9 Å². The number of morpholine rings is 1. The van der Waals surface area contributed by atoms with Crippen molar-refractivity contribution in [3.05, 3.63) is 41.1 Å². The first-order valence-corrected chi connectivity index (χ1v) is 7.94. The van der Waals surface area contributed by atoms with E-state index in [4.69, 9.17) is 4.74 Å². The largest absolute Gasteiger partial charge is 0.480 e. The van der Waals surface area contributed by atoms with E-state index in [9.17, 15) is 14.7 Å². The minimum Gasteiger partial charge on any atom is -0.480 e. The quantitative estimate of drug-likeness (QED) is 0.928. The fourth-order valence-corrected chi connectivity index (χ4v) is 3.19. The molecule has 1 N–H and O–H groups in total. The second-order valence-corrected chi connectivity index (χ2v) is 6.01. The van der Waals surface area contributed by atoms with Crippen molar-refractivity contribution in [2.75, 3.05) is 19.8 Å². The van der Waals surface area contributed by atoms with Crippen LogP contribution in [0.15, 0.2) is 24.3 Å². The van der Waals surface area contributed by atoms with Crippen LogP contribution in [-0.4, -0.2) is 52.7 Å². The molecule has 0 saturated carbocycles. The number of rotatable bonds is 3. The molecule has 6 heteroatoms. The molecule has 2 heterocycles. The third-order valence-electron chi connectivity index (χ3n) is 4.55. The van der Waals surface area contributed by atoms with Gasteiger partial charge in [0.15, 0.2) is 6.04 Å². The van der Waals surface area contributed by atoms with Gasteiger partial charge >= 0.3 is 5.97 Å². The molecule has 24 heavy (non-hydrogen) atoms. The number of aromatic nitrogens is 1. The Hall–Kier alpha value is -2.47.